The second-order valence-corrected chi connectivity index (χ2v) is 4.25. The number of hydrogen-bond acceptors (Lipinski definition) is 3. The molecule has 0 spiro atoms. The molecule has 0 aliphatic carbocycles. The third kappa shape index (κ3) is 2.58. The van der Waals surface area contributed by atoms with Gasteiger partial charge in [0.15, 0.2) is 0 Å². The molecule has 1 heterocycles. The Hall–Kier alpha value is -1.13. The molecule has 0 saturated carbocycles. The highest BCUT2D eigenvalue weighted by atomic mass is 19.0. The minimum atomic E-state index is 0. The number of halogens is 1. The predicted molar refractivity (Wildman–Crippen MR) is 69.1 cm³/mol. The molecule has 2 atom stereocenters. The lowest BCUT2D eigenvalue weighted by molar-refractivity contribution is 0.0991. The summed E-state index contributed by atoms with van der Waals surface area (Å²) in [5, 5.41) is 5.40. The third-order valence-electron chi connectivity index (χ3n) is 3.33. The maximum absolute atomic E-state index is 5.55. The van der Waals surface area contributed by atoms with Gasteiger partial charge in [0.25, 0.3) is 0 Å². The molecule has 1 aliphatic rings. The van der Waals surface area contributed by atoms with Crippen molar-refractivity contribution in [3.8, 4) is 0 Å². The summed E-state index contributed by atoms with van der Waals surface area (Å²) in [6.45, 7) is 5.36. The van der Waals surface area contributed by atoms with Crippen LogP contribution >= 0.6 is 0 Å². The smallest absolute Gasteiger partial charge is 0.0840 e. The zero-order valence-electron chi connectivity index (χ0n) is 10.6. The number of benzene rings is 1. The molecule has 96 valence electrons. The number of hydrogen-bond donors (Lipinski definition) is 1. The average Bonchev–Trinajstić information content (AvgIpc) is 2.33. The van der Waals surface area contributed by atoms with E-state index in [0.29, 0.717) is 12.1 Å². The zero-order chi connectivity index (χ0) is 11.5. The predicted octanol–water partition coefficient (Wildman–Crippen LogP) is 2.13. The van der Waals surface area contributed by atoms with Crippen LogP contribution < -0.4 is 10.4 Å². The van der Waals surface area contributed by atoms with E-state index < -0.39 is 0 Å². The van der Waals surface area contributed by atoms with Crippen molar-refractivity contribution in [3.05, 3.63) is 29.8 Å². The van der Waals surface area contributed by atoms with Crippen LogP contribution in [0.4, 0.5) is 10.4 Å². The van der Waals surface area contributed by atoms with E-state index in [1.165, 1.54) is 11.3 Å². The highest BCUT2D eigenvalue weighted by Gasteiger charge is 2.33. The average molecular weight is 240 g/mol. The zero-order valence-corrected chi connectivity index (χ0v) is 10.6. The summed E-state index contributed by atoms with van der Waals surface area (Å²) in [5.74, 6) is 0. The minimum Gasteiger partial charge on any atom is -0.310 e. The van der Waals surface area contributed by atoms with Crippen molar-refractivity contribution < 1.29 is 9.54 Å². The Morgan fingerprint density at radius 3 is 2.59 bits per heavy atom. The highest BCUT2D eigenvalue weighted by Crippen LogP contribution is 2.26. The van der Waals surface area contributed by atoms with Crippen molar-refractivity contribution in [3.63, 3.8) is 0 Å². The SMILES string of the molecule is CCc1ccccc1N(OC)C1CNC1C.F. The molecule has 2 rings (SSSR count). The van der Waals surface area contributed by atoms with E-state index in [1.54, 1.807) is 7.11 Å². The van der Waals surface area contributed by atoms with Gasteiger partial charge in [-0.15, -0.1) is 0 Å². The molecule has 3 nitrogen and oxygen atoms in total. The van der Waals surface area contributed by atoms with Crippen molar-refractivity contribution in [1.82, 2.24) is 5.32 Å². The van der Waals surface area contributed by atoms with Crippen molar-refractivity contribution in [2.24, 2.45) is 0 Å². The number of hydroxylamine groups is 1. The number of nitrogens with one attached hydrogen (secondary N) is 1. The first-order valence-corrected chi connectivity index (χ1v) is 5.92. The van der Waals surface area contributed by atoms with Crippen LogP contribution in [-0.2, 0) is 11.3 Å². The first-order valence-electron chi connectivity index (χ1n) is 5.92. The molecule has 1 saturated heterocycles. The molecule has 17 heavy (non-hydrogen) atoms. The van der Waals surface area contributed by atoms with Gasteiger partial charge in [0.2, 0.25) is 0 Å². The Balaban J connectivity index is 0.00000144. The normalized spacial score (nSPS) is 22.5. The van der Waals surface area contributed by atoms with E-state index in [1.807, 2.05) is 5.06 Å². The lowest BCUT2D eigenvalue weighted by Gasteiger charge is -2.43. The molecule has 1 aromatic carbocycles. The van der Waals surface area contributed by atoms with E-state index in [2.05, 4.69) is 43.4 Å². The molecule has 4 heteroatoms. The molecule has 1 fully saturated rings. The van der Waals surface area contributed by atoms with Gasteiger partial charge < -0.3 is 5.32 Å². The van der Waals surface area contributed by atoms with Crippen molar-refractivity contribution >= 4 is 5.69 Å². The van der Waals surface area contributed by atoms with Crippen LogP contribution in [0.3, 0.4) is 0 Å². The Bertz CT molecular complexity index is 359. The quantitative estimate of drug-likeness (QED) is 0.816. The van der Waals surface area contributed by atoms with Gasteiger partial charge in [-0.2, -0.15) is 0 Å². The molecular weight excluding hydrogens is 219 g/mol. The first-order chi connectivity index (χ1) is 7.77. The van der Waals surface area contributed by atoms with Gasteiger partial charge in [0.05, 0.1) is 18.8 Å². The fourth-order valence-corrected chi connectivity index (χ4v) is 2.18. The van der Waals surface area contributed by atoms with E-state index in [4.69, 9.17) is 4.84 Å². The standard InChI is InChI=1S/C13H20N2O.FH/c1-4-11-7-5-6-8-12(11)15(16-3)13-9-14-10(13)2;/h5-8,10,13-14H,4,9H2,1-3H3;1H. The first kappa shape index (κ1) is 13.9. The molecule has 1 N–H and O–H groups in total. The summed E-state index contributed by atoms with van der Waals surface area (Å²) in [6, 6.07) is 9.38. The number of nitrogens with zero attached hydrogens (tertiary/aromatic N) is 1. The van der Waals surface area contributed by atoms with Gasteiger partial charge in [0, 0.05) is 12.6 Å². The Labute approximate surface area is 102 Å². The van der Waals surface area contributed by atoms with Gasteiger partial charge in [0.1, 0.15) is 0 Å². The fourth-order valence-electron chi connectivity index (χ4n) is 2.18. The second kappa shape index (κ2) is 5.98. The van der Waals surface area contributed by atoms with E-state index in [-0.39, 0.29) is 4.70 Å². The lowest BCUT2D eigenvalue weighted by Crippen LogP contribution is -2.63. The Kier molecular flexibility index (Phi) is 4.90. The number of aryl methyl sites for hydroxylation is 1. The van der Waals surface area contributed by atoms with Crippen LogP contribution in [0.2, 0.25) is 0 Å². The summed E-state index contributed by atoms with van der Waals surface area (Å²) in [6.07, 6.45) is 1.03. The highest BCUT2D eigenvalue weighted by molar-refractivity contribution is 5.53. The van der Waals surface area contributed by atoms with E-state index in [0.717, 1.165) is 13.0 Å². The van der Waals surface area contributed by atoms with Crippen LogP contribution in [0.1, 0.15) is 19.4 Å². The minimum absolute atomic E-state index is 0. The molecule has 0 bridgehead atoms. The largest absolute Gasteiger partial charge is 0.310 e. The van der Waals surface area contributed by atoms with Crippen LogP contribution in [-0.4, -0.2) is 25.7 Å². The van der Waals surface area contributed by atoms with E-state index in [9.17, 15) is 0 Å². The van der Waals surface area contributed by atoms with E-state index >= 15 is 0 Å². The van der Waals surface area contributed by atoms with Crippen LogP contribution in [0.5, 0.6) is 0 Å². The summed E-state index contributed by atoms with van der Waals surface area (Å²) in [7, 11) is 1.75. The molecular formula is C13H21FN2O. The topological polar surface area (TPSA) is 24.5 Å². The number of para-hydroxylation sites is 1. The summed E-state index contributed by atoms with van der Waals surface area (Å²) in [5.41, 5.74) is 2.54. The van der Waals surface area contributed by atoms with Gasteiger partial charge in [-0.25, -0.2) is 5.06 Å². The van der Waals surface area contributed by atoms with Crippen molar-refractivity contribution in [1.29, 1.82) is 0 Å². The monoisotopic (exact) mass is 240 g/mol. The second-order valence-electron chi connectivity index (χ2n) is 4.25. The van der Waals surface area contributed by atoms with Crippen molar-refractivity contribution in [2.75, 3.05) is 18.7 Å². The molecule has 0 aromatic heterocycles. The van der Waals surface area contributed by atoms with Gasteiger partial charge in [-0.05, 0) is 25.0 Å². The summed E-state index contributed by atoms with van der Waals surface area (Å²) >= 11 is 0. The molecule has 0 radical (unpaired) electrons. The lowest BCUT2D eigenvalue weighted by atomic mass is 10.00. The summed E-state index contributed by atoms with van der Waals surface area (Å²) in [4.78, 5) is 5.55. The maximum atomic E-state index is 5.55. The van der Waals surface area contributed by atoms with Gasteiger partial charge >= 0.3 is 0 Å². The Morgan fingerprint density at radius 2 is 2.12 bits per heavy atom. The number of rotatable bonds is 4. The van der Waals surface area contributed by atoms with Gasteiger partial charge in [-0.3, -0.25) is 9.54 Å². The van der Waals surface area contributed by atoms with Crippen LogP contribution in [0, 0.1) is 0 Å². The Morgan fingerprint density at radius 1 is 1.41 bits per heavy atom. The van der Waals surface area contributed by atoms with Crippen LogP contribution in [0.25, 0.3) is 0 Å². The summed E-state index contributed by atoms with van der Waals surface area (Å²) < 4.78 is 0. The molecule has 1 aliphatic heterocycles. The maximum Gasteiger partial charge on any atom is 0.0840 e. The third-order valence-corrected chi connectivity index (χ3v) is 3.33. The molecule has 2 unspecified atom stereocenters. The van der Waals surface area contributed by atoms with Crippen LogP contribution in [0.15, 0.2) is 24.3 Å². The molecule has 1 aromatic rings. The van der Waals surface area contributed by atoms with Gasteiger partial charge in [-0.1, -0.05) is 25.1 Å². The molecule has 0 amide bonds. The number of anilines is 1. The van der Waals surface area contributed by atoms with Crippen molar-refractivity contribution in [2.45, 2.75) is 32.4 Å². The fraction of sp³-hybridized carbons (Fsp3) is 0.538.